The third-order valence-corrected chi connectivity index (χ3v) is 4.97. The van der Waals surface area contributed by atoms with E-state index in [1.165, 1.54) is 6.42 Å². The predicted octanol–water partition coefficient (Wildman–Crippen LogP) is 3.46. The molecule has 0 N–H and O–H groups in total. The summed E-state index contributed by atoms with van der Waals surface area (Å²) < 4.78 is 1.92. The van der Waals surface area contributed by atoms with Gasteiger partial charge in [0, 0.05) is 17.6 Å². The SMILES string of the molecule is C/C=C\C(=C(\Cl)CC)n1nnn(C(=O)N(CC)C2CCCCC2)c1=O. The number of aromatic nitrogens is 4. The van der Waals surface area contributed by atoms with Crippen LogP contribution in [0.15, 0.2) is 22.0 Å². The Labute approximate surface area is 152 Å². The molecular weight excluding hydrogens is 342 g/mol. The van der Waals surface area contributed by atoms with Gasteiger partial charge in [-0.3, -0.25) is 0 Å². The Balaban J connectivity index is 2.36. The van der Waals surface area contributed by atoms with Crippen LogP contribution in [-0.4, -0.2) is 43.3 Å². The van der Waals surface area contributed by atoms with Gasteiger partial charge in [0.1, 0.15) is 0 Å². The summed E-state index contributed by atoms with van der Waals surface area (Å²) in [4.78, 5) is 27.2. The minimum Gasteiger partial charge on any atom is -0.320 e. The number of allylic oxidation sites excluding steroid dienone is 4. The molecule has 1 saturated carbocycles. The third-order valence-electron chi connectivity index (χ3n) is 4.51. The van der Waals surface area contributed by atoms with Crippen molar-refractivity contribution in [1.29, 1.82) is 0 Å². The van der Waals surface area contributed by atoms with Gasteiger partial charge in [0.15, 0.2) is 0 Å². The first-order valence-corrected chi connectivity index (χ1v) is 9.30. The van der Waals surface area contributed by atoms with Gasteiger partial charge in [-0.15, -0.1) is 4.68 Å². The standard InChI is InChI=1S/C17H26ClN5O2/c1-4-10-15(14(18)5-2)22-17(25)23(20-19-22)16(24)21(6-3)13-11-8-7-9-12-13/h4,10,13H,5-9,11-12H2,1-3H3/b10-4-,15-14-. The average Bonchev–Trinajstić information content (AvgIpc) is 3.01. The van der Waals surface area contributed by atoms with Crippen LogP contribution in [0.4, 0.5) is 4.79 Å². The quantitative estimate of drug-likeness (QED) is 0.590. The minimum absolute atomic E-state index is 0.160. The highest BCUT2D eigenvalue weighted by Crippen LogP contribution is 2.23. The van der Waals surface area contributed by atoms with Crippen molar-refractivity contribution in [2.24, 2.45) is 0 Å². The molecule has 138 valence electrons. The number of nitrogens with zero attached hydrogens (tertiary/aromatic N) is 5. The third kappa shape index (κ3) is 4.21. The topological polar surface area (TPSA) is 73.0 Å². The Morgan fingerprint density at radius 1 is 1.24 bits per heavy atom. The molecule has 0 bridgehead atoms. The largest absolute Gasteiger partial charge is 0.377 e. The summed E-state index contributed by atoms with van der Waals surface area (Å²) in [7, 11) is 0. The lowest BCUT2D eigenvalue weighted by Crippen LogP contribution is -2.47. The fraction of sp³-hybridized carbons (Fsp3) is 0.647. The number of hydrogen-bond donors (Lipinski definition) is 0. The molecule has 0 radical (unpaired) electrons. The normalized spacial score (nSPS) is 17.0. The number of rotatable bonds is 5. The summed E-state index contributed by atoms with van der Waals surface area (Å²) in [5.41, 5.74) is -0.157. The zero-order valence-corrected chi connectivity index (χ0v) is 15.9. The zero-order chi connectivity index (χ0) is 18.4. The van der Waals surface area contributed by atoms with E-state index in [4.69, 9.17) is 11.6 Å². The van der Waals surface area contributed by atoms with Crippen LogP contribution in [0.1, 0.15) is 59.3 Å². The molecule has 0 atom stereocenters. The average molecular weight is 368 g/mol. The van der Waals surface area contributed by atoms with E-state index in [1.54, 1.807) is 17.1 Å². The van der Waals surface area contributed by atoms with Gasteiger partial charge in [0.25, 0.3) is 0 Å². The van der Waals surface area contributed by atoms with Crippen molar-refractivity contribution in [3.63, 3.8) is 0 Å². The van der Waals surface area contributed by atoms with Crippen molar-refractivity contribution in [3.05, 3.63) is 27.7 Å². The Kier molecular flexibility index (Phi) is 6.99. The molecule has 0 unspecified atom stereocenters. The monoisotopic (exact) mass is 367 g/mol. The minimum atomic E-state index is -0.598. The molecule has 7 nitrogen and oxygen atoms in total. The molecule has 2 rings (SSSR count). The first kappa shape index (κ1) is 19.4. The zero-order valence-electron chi connectivity index (χ0n) is 15.1. The Morgan fingerprint density at radius 2 is 1.88 bits per heavy atom. The number of halogens is 1. The van der Waals surface area contributed by atoms with Crippen LogP contribution in [0.2, 0.25) is 0 Å². The molecule has 1 heterocycles. The van der Waals surface area contributed by atoms with E-state index in [0.717, 1.165) is 35.0 Å². The van der Waals surface area contributed by atoms with Crippen LogP contribution < -0.4 is 5.69 Å². The van der Waals surface area contributed by atoms with E-state index in [-0.39, 0.29) is 6.04 Å². The van der Waals surface area contributed by atoms with Gasteiger partial charge in [0.05, 0.1) is 5.70 Å². The van der Waals surface area contributed by atoms with Crippen molar-refractivity contribution in [2.45, 2.75) is 65.3 Å². The summed E-state index contributed by atoms with van der Waals surface area (Å²) in [6.07, 6.45) is 9.36. The van der Waals surface area contributed by atoms with Crippen molar-refractivity contribution < 1.29 is 4.79 Å². The molecular formula is C17H26ClN5O2. The first-order valence-electron chi connectivity index (χ1n) is 8.92. The molecule has 25 heavy (non-hydrogen) atoms. The summed E-state index contributed by atoms with van der Waals surface area (Å²) in [6.45, 7) is 6.16. The van der Waals surface area contributed by atoms with Gasteiger partial charge in [-0.05, 0) is 49.6 Å². The molecule has 1 aliphatic rings. The van der Waals surface area contributed by atoms with Crippen LogP contribution in [0.3, 0.4) is 0 Å². The van der Waals surface area contributed by atoms with Gasteiger partial charge in [-0.2, -0.15) is 4.68 Å². The molecule has 1 fully saturated rings. The highest BCUT2D eigenvalue weighted by molar-refractivity contribution is 6.32. The Morgan fingerprint density at radius 3 is 2.44 bits per heavy atom. The molecule has 8 heteroatoms. The van der Waals surface area contributed by atoms with E-state index in [9.17, 15) is 9.59 Å². The number of carbonyl (C=O) groups excluding carboxylic acids is 1. The van der Waals surface area contributed by atoms with Crippen LogP contribution in [0.5, 0.6) is 0 Å². The predicted molar refractivity (Wildman–Crippen MR) is 98.5 cm³/mol. The highest BCUT2D eigenvalue weighted by Gasteiger charge is 2.28. The van der Waals surface area contributed by atoms with E-state index in [0.29, 0.717) is 23.7 Å². The van der Waals surface area contributed by atoms with Crippen molar-refractivity contribution in [2.75, 3.05) is 6.54 Å². The fourth-order valence-corrected chi connectivity index (χ4v) is 3.34. The number of tetrazole rings is 1. The van der Waals surface area contributed by atoms with E-state index in [1.807, 2.05) is 20.8 Å². The van der Waals surface area contributed by atoms with Crippen molar-refractivity contribution >= 4 is 23.3 Å². The van der Waals surface area contributed by atoms with Crippen LogP contribution >= 0.6 is 11.6 Å². The summed E-state index contributed by atoms with van der Waals surface area (Å²) in [5, 5.41) is 8.15. The van der Waals surface area contributed by atoms with Crippen molar-refractivity contribution in [1.82, 2.24) is 24.7 Å². The first-order chi connectivity index (χ1) is 12.0. The van der Waals surface area contributed by atoms with Gasteiger partial charge < -0.3 is 4.90 Å². The lowest BCUT2D eigenvalue weighted by molar-refractivity contribution is 0.157. The lowest BCUT2D eigenvalue weighted by Gasteiger charge is -2.32. The molecule has 1 aromatic heterocycles. The molecule has 0 aromatic carbocycles. The lowest BCUT2D eigenvalue weighted by atomic mass is 9.94. The second-order valence-electron chi connectivity index (χ2n) is 6.09. The molecule has 1 aromatic rings. The number of hydrogen-bond acceptors (Lipinski definition) is 4. The maximum Gasteiger partial charge on any atom is 0.377 e. The maximum absolute atomic E-state index is 12.8. The summed E-state index contributed by atoms with van der Waals surface area (Å²) >= 11 is 6.21. The smallest absolute Gasteiger partial charge is 0.320 e. The van der Waals surface area contributed by atoms with E-state index >= 15 is 0 Å². The molecule has 0 spiro atoms. The second-order valence-corrected chi connectivity index (χ2v) is 6.55. The van der Waals surface area contributed by atoms with Crippen LogP contribution in [-0.2, 0) is 0 Å². The molecule has 0 aliphatic heterocycles. The van der Waals surface area contributed by atoms with Gasteiger partial charge in [-0.25, -0.2) is 9.59 Å². The van der Waals surface area contributed by atoms with Crippen molar-refractivity contribution in [3.8, 4) is 0 Å². The van der Waals surface area contributed by atoms with E-state index in [2.05, 4.69) is 10.4 Å². The summed E-state index contributed by atoms with van der Waals surface area (Å²) in [5.74, 6) is 0. The highest BCUT2D eigenvalue weighted by atomic mass is 35.5. The molecule has 1 amide bonds. The van der Waals surface area contributed by atoms with Gasteiger partial charge >= 0.3 is 11.7 Å². The van der Waals surface area contributed by atoms with Gasteiger partial charge in [0.2, 0.25) is 0 Å². The van der Waals surface area contributed by atoms with Gasteiger partial charge in [-0.1, -0.05) is 43.9 Å². The summed E-state index contributed by atoms with van der Waals surface area (Å²) in [6, 6.07) is -0.258. The number of carbonyl (C=O) groups is 1. The fourth-order valence-electron chi connectivity index (χ4n) is 3.20. The number of amides is 1. The second kappa shape index (κ2) is 8.99. The van der Waals surface area contributed by atoms with Crippen LogP contribution in [0.25, 0.3) is 5.70 Å². The molecule has 0 saturated heterocycles. The Hall–Kier alpha value is -1.89. The Bertz CT molecular complexity index is 713. The molecule has 1 aliphatic carbocycles. The maximum atomic E-state index is 12.8. The van der Waals surface area contributed by atoms with E-state index < -0.39 is 11.7 Å². The van der Waals surface area contributed by atoms with Crippen LogP contribution in [0, 0.1) is 0 Å².